The van der Waals surface area contributed by atoms with Gasteiger partial charge in [0.2, 0.25) is 0 Å². The second kappa shape index (κ2) is 3.60. The first kappa shape index (κ1) is 10.8. The number of hydrogen-bond donors (Lipinski definition) is 1. The van der Waals surface area contributed by atoms with Gasteiger partial charge in [0, 0.05) is 23.9 Å². The van der Waals surface area contributed by atoms with Gasteiger partial charge in [0.1, 0.15) is 0 Å². The fraction of sp³-hybridized carbons (Fsp3) is 0.706. The fourth-order valence-corrected chi connectivity index (χ4v) is 5.99. The number of nitrogens with two attached hydrogens (primary N) is 1. The van der Waals surface area contributed by atoms with Crippen LogP contribution in [0.4, 0.5) is 0 Å². The number of hydrogen-bond acceptors (Lipinski definition) is 2. The van der Waals surface area contributed by atoms with Crippen molar-refractivity contribution < 1.29 is 0 Å². The van der Waals surface area contributed by atoms with E-state index in [9.17, 15) is 0 Å². The Kier molecular flexibility index (Phi) is 2.06. The Balaban J connectivity index is 1.41. The molecule has 6 atom stereocenters. The Morgan fingerprint density at radius 1 is 1.16 bits per heavy atom. The lowest BCUT2D eigenvalue weighted by Gasteiger charge is -2.22. The average molecular weight is 254 g/mol. The highest BCUT2D eigenvalue weighted by atomic mass is 14.8. The molecule has 100 valence electrons. The molecule has 0 aliphatic heterocycles. The molecular formula is C17H22N2. The van der Waals surface area contributed by atoms with Gasteiger partial charge in [-0.2, -0.15) is 0 Å². The van der Waals surface area contributed by atoms with Crippen LogP contribution in [0.1, 0.15) is 42.9 Å². The first-order valence-electron chi connectivity index (χ1n) is 8.04. The highest BCUT2D eigenvalue weighted by Crippen LogP contribution is 2.71. The maximum atomic E-state index is 6.70. The van der Waals surface area contributed by atoms with Crippen LogP contribution in [0, 0.1) is 29.6 Å². The molecule has 3 fully saturated rings. The second-order valence-electron chi connectivity index (χ2n) is 7.34. The van der Waals surface area contributed by atoms with Crippen LogP contribution in [-0.2, 0) is 6.42 Å². The molecule has 4 aliphatic rings. The molecule has 1 heterocycles. The molecule has 0 amide bonds. The quantitative estimate of drug-likeness (QED) is 0.881. The first-order valence-corrected chi connectivity index (χ1v) is 8.04. The Hall–Kier alpha value is -0.890. The van der Waals surface area contributed by atoms with Gasteiger partial charge in [-0.1, -0.05) is 6.07 Å². The van der Waals surface area contributed by atoms with Crippen LogP contribution in [-0.4, -0.2) is 11.0 Å². The van der Waals surface area contributed by atoms with Crippen LogP contribution in [0.3, 0.4) is 0 Å². The van der Waals surface area contributed by atoms with E-state index in [2.05, 4.69) is 17.1 Å². The van der Waals surface area contributed by atoms with Crippen molar-refractivity contribution in [3.8, 4) is 0 Å². The molecule has 19 heavy (non-hydrogen) atoms. The molecular weight excluding hydrogens is 232 g/mol. The van der Waals surface area contributed by atoms with E-state index < -0.39 is 0 Å². The van der Waals surface area contributed by atoms with Crippen molar-refractivity contribution in [2.24, 2.45) is 35.3 Å². The van der Waals surface area contributed by atoms with Crippen molar-refractivity contribution in [3.63, 3.8) is 0 Å². The van der Waals surface area contributed by atoms with E-state index in [1.54, 1.807) is 0 Å². The minimum Gasteiger partial charge on any atom is -0.327 e. The molecule has 3 saturated carbocycles. The summed E-state index contributed by atoms with van der Waals surface area (Å²) >= 11 is 0. The van der Waals surface area contributed by atoms with Gasteiger partial charge in [-0.25, -0.2) is 0 Å². The van der Waals surface area contributed by atoms with E-state index >= 15 is 0 Å². The van der Waals surface area contributed by atoms with E-state index in [0.717, 1.165) is 29.6 Å². The normalized spacial score (nSPS) is 47.0. The molecule has 0 spiro atoms. The third-order valence-corrected chi connectivity index (χ3v) is 6.71. The predicted molar refractivity (Wildman–Crippen MR) is 74.6 cm³/mol. The van der Waals surface area contributed by atoms with Gasteiger partial charge >= 0.3 is 0 Å². The largest absolute Gasteiger partial charge is 0.327 e. The maximum absolute atomic E-state index is 6.70. The van der Waals surface area contributed by atoms with E-state index in [4.69, 9.17) is 5.73 Å². The van der Waals surface area contributed by atoms with Gasteiger partial charge in [-0.15, -0.1) is 0 Å². The molecule has 2 bridgehead atoms. The molecule has 5 rings (SSSR count). The molecule has 0 saturated heterocycles. The number of aryl methyl sites for hydroxylation is 1. The third-order valence-electron chi connectivity index (χ3n) is 6.71. The lowest BCUT2D eigenvalue weighted by atomic mass is 9.88. The Morgan fingerprint density at radius 3 is 2.74 bits per heavy atom. The number of fused-ring (bicyclic) bond motifs is 6. The zero-order valence-electron chi connectivity index (χ0n) is 11.3. The average Bonchev–Trinajstić information content (AvgIpc) is 2.82. The van der Waals surface area contributed by atoms with Gasteiger partial charge in [-0.3, -0.25) is 4.98 Å². The SMILES string of the molecule is NC(C1CCc2cccnc21)C1C2C3CCC(C3)C21. The van der Waals surface area contributed by atoms with Gasteiger partial charge in [0.05, 0.1) is 0 Å². The van der Waals surface area contributed by atoms with Crippen molar-refractivity contribution in [2.75, 3.05) is 0 Å². The van der Waals surface area contributed by atoms with Crippen LogP contribution < -0.4 is 5.73 Å². The molecule has 0 radical (unpaired) electrons. The summed E-state index contributed by atoms with van der Waals surface area (Å²) in [6.45, 7) is 0. The summed E-state index contributed by atoms with van der Waals surface area (Å²) in [4.78, 5) is 4.64. The monoisotopic (exact) mass is 254 g/mol. The maximum Gasteiger partial charge on any atom is 0.0482 e. The summed E-state index contributed by atoms with van der Waals surface area (Å²) in [6, 6.07) is 4.69. The molecule has 2 heteroatoms. The van der Waals surface area contributed by atoms with Crippen LogP contribution in [0.5, 0.6) is 0 Å². The number of aromatic nitrogens is 1. The molecule has 1 aromatic rings. The summed E-state index contributed by atoms with van der Waals surface area (Å²) in [5, 5.41) is 0. The molecule has 4 aliphatic carbocycles. The summed E-state index contributed by atoms with van der Waals surface area (Å²) < 4.78 is 0. The minimum absolute atomic E-state index is 0.384. The zero-order valence-corrected chi connectivity index (χ0v) is 11.3. The van der Waals surface area contributed by atoms with Crippen molar-refractivity contribution >= 4 is 0 Å². The van der Waals surface area contributed by atoms with Crippen molar-refractivity contribution in [1.82, 2.24) is 4.98 Å². The van der Waals surface area contributed by atoms with Gasteiger partial charge < -0.3 is 5.73 Å². The van der Waals surface area contributed by atoms with Crippen molar-refractivity contribution in [1.29, 1.82) is 0 Å². The summed E-state index contributed by atoms with van der Waals surface area (Å²) in [5.74, 6) is 5.46. The molecule has 6 unspecified atom stereocenters. The Bertz CT molecular complexity index is 510. The first-order chi connectivity index (χ1) is 9.34. The molecule has 2 nitrogen and oxygen atoms in total. The van der Waals surface area contributed by atoms with Crippen molar-refractivity contribution in [2.45, 2.75) is 44.1 Å². The van der Waals surface area contributed by atoms with Crippen molar-refractivity contribution in [3.05, 3.63) is 29.6 Å². The zero-order chi connectivity index (χ0) is 12.6. The van der Waals surface area contributed by atoms with E-state index in [-0.39, 0.29) is 0 Å². The summed E-state index contributed by atoms with van der Waals surface area (Å²) in [5.41, 5.74) is 9.48. The highest BCUT2D eigenvalue weighted by Gasteiger charge is 2.67. The Morgan fingerprint density at radius 2 is 1.95 bits per heavy atom. The predicted octanol–water partition coefficient (Wildman–Crippen LogP) is 2.73. The lowest BCUT2D eigenvalue weighted by molar-refractivity contribution is 0.370. The molecule has 1 aromatic heterocycles. The standard InChI is InChI=1S/C17H22N2/c18-16(12-6-5-9-2-1-7-19-17(9)12)15-13-10-3-4-11(8-10)14(13)15/h1-2,7,10-16H,3-6,8,18H2. The van der Waals surface area contributed by atoms with Crippen LogP contribution in [0.15, 0.2) is 18.3 Å². The minimum atomic E-state index is 0.384. The molecule has 2 N–H and O–H groups in total. The lowest BCUT2D eigenvalue weighted by Crippen LogP contribution is -2.32. The summed E-state index contributed by atoms with van der Waals surface area (Å²) in [7, 11) is 0. The smallest absolute Gasteiger partial charge is 0.0482 e. The molecule has 0 aromatic carbocycles. The van der Waals surface area contributed by atoms with E-state index in [1.807, 2.05) is 6.20 Å². The summed E-state index contributed by atoms with van der Waals surface area (Å²) in [6.07, 6.45) is 8.89. The topological polar surface area (TPSA) is 38.9 Å². The van der Waals surface area contributed by atoms with Gasteiger partial charge in [-0.05, 0) is 73.3 Å². The van der Waals surface area contributed by atoms with Crippen LogP contribution in [0.25, 0.3) is 0 Å². The van der Waals surface area contributed by atoms with Gasteiger partial charge in [0.25, 0.3) is 0 Å². The number of rotatable bonds is 2. The van der Waals surface area contributed by atoms with Crippen LogP contribution in [0.2, 0.25) is 0 Å². The fourth-order valence-electron chi connectivity index (χ4n) is 5.99. The Labute approximate surface area is 114 Å². The number of pyridine rings is 1. The van der Waals surface area contributed by atoms with E-state index in [1.165, 1.54) is 43.4 Å². The van der Waals surface area contributed by atoms with E-state index in [0.29, 0.717) is 12.0 Å². The number of nitrogens with zero attached hydrogens (tertiary/aromatic N) is 1. The van der Waals surface area contributed by atoms with Crippen LogP contribution >= 0.6 is 0 Å². The van der Waals surface area contributed by atoms with Gasteiger partial charge in [0.15, 0.2) is 0 Å². The second-order valence-corrected chi connectivity index (χ2v) is 7.34. The third kappa shape index (κ3) is 1.33. The highest BCUT2D eigenvalue weighted by molar-refractivity contribution is 5.31.